The molecule has 0 spiro atoms. The molecule has 0 unspecified atom stereocenters. The van der Waals surface area contributed by atoms with Gasteiger partial charge in [0.15, 0.2) is 0 Å². The van der Waals surface area contributed by atoms with E-state index in [0.717, 1.165) is 0 Å². The minimum absolute atomic E-state index is 0.0912. The lowest BCUT2D eigenvalue weighted by Crippen LogP contribution is -2.48. The number of benzene rings is 1. The Morgan fingerprint density at radius 1 is 1.32 bits per heavy atom. The van der Waals surface area contributed by atoms with Crippen LogP contribution in [0.3, 0.4) is 0 Å². The lowest BCUT2D eigenvalue weighted by Gasteiger charge is -2.28. The van der Waals surface area contributed by atoms with E-state index in [1.807, 2.05) is 13.8 Å². The van der Waals surface area contributed by atoms with Crippen molar-refractivity contribution in [3.63, 3.8) is 0 Å². The number of amides is 2. The summed E-state index contributed by atoms with van der Waals surface area (Å²) < 4.78 is 0. The van der Waals surface area contributed by atoms with Gasteiger partial charge < -0.3 is 10.0 Å². The van der Waals surface area contributed by atoms with Crippen molar-refractivity contribution in [2.24, 2.45) is 0 Å². The van der Waals surface area contributed by atoms with Crippen LogP contribution in [-0.4, -0.2) is 34.9 Å². The number of aliphatic hydroxyl groups excluding tert-OH is 1. The number of hydrogen-bond donors (Lipinski definition) is 2. The van der Waals surface area contributed by atoms with E-state index < -0.39 is 5.66 Å². The molecule has 1 fully saturated rings. The normalized spacial score (nSPS) is 18.3. The number of rotatable bonds is 3. The number of nitrogens with zero attached hydrogens (tertiary/aromatic N) is 2. The van der Waals surface area contributed by atoms with Crippen LogP contribution in [0.2, 0.25) is 10.0 Å². The maximum absolute atomic E-state index is 12.3. The molecular formula is C12H15Cl2N3O2. The molecule has 0 saturated carbocycles. The highest BCUT2D eigenvalue weighted by atomic mass is 35.5. The second kappa shape index (κ2) is 5.17. The fourth-order valence-corrected chi connectivity index (χ4v) is 2.31. The highest BCUT2D eigenvalue weighted by Crippen LogP contribution is 2.30. The van der Waals surface area contributed by atoms with Gasteiger partial charge in [0.1, 0.15) is 5.66 Å². The zero-order valence-corrected chi connectivity index (χ0v) is 12.2. The molecule has 2 rings (SSSR count). The van der Waals surface area contributed by atoms with Crippen LogP contribution < -0.4 is 10.4 Å². The van der Waals surface area contributed by atoms with Crippen molar-refractivity contribution in [2.75, 3.05) is 18.2 Å². The van der Waals surface area contributed by atoms with Gasteiger partial charge in [-0.2, -0.15) is 0 Å². The number of urea groups is 1. The van der Waals surface area contributed by atoms with Gasteiger partial charge in [0.2, 0.25) is 0 Å². The van der Waals surface area contributed by atoms with Crippen LogP contribution >= 0.6 is 23.2 Å². The lowest BCUT2D eigenvalue weighted by atomic mass is 10.2. The standard InChI is InChI=1S/C12H15Cl2N3O2/c1-12(2)15-17(11(19)16(12)5-6-18)8-3-4-9(13)10(14)7-8/h3-4,7,15,18H,5-6H2,1-2H3. The Morgan fingerprint density at radius 2 is 2.00 bits per heavy atom. The number of hydrazine groups is 1. The molecule has 2 amide bonds. The molecule has 0 atom stereocenters. The van der Waals surface area contributed by atoms with Crippen molar-refractivity contribution in [2.45, 2.75) is 19.5 Å². The van der Waals surface area contributed by atoms with Gasteiger partial charge in [-0.3, -0.25) is 0 Å². The number of anilines is 1. The van der Waals surface area contributed by atoms with Crippen LogP contribution in [0.25, 0.3) is 0 Å². The van der Waals surface area contributed by atoms with E-state index >= 15 is 0 Å². The largest absolute Gasteiger partial charge is 0.395 e. The number of hydrogen-bond acceptors (Lipinski definition) is 3. The van der Waals surface area contributed by atoms with Crippen molar-refractivity contribution in [1.82, 2.24) is 10.3 Å². The fraction of sp³-hybridized carbons (Fsp3) is 0.417. The lowest BCUT2D eigenvalue weighted by molar-refractivity contribution is 0.135. The van der Waals surface area contributed by atoms with E-state index in [2.05, 4.69) is 5.43 Å². The zero-order chi connectivity index (χ0) is 14.2. The number of aliphatic hydroxyl groups is 1. The van der Waals surface area contributed by atoms with Gasteiger partial charge in [0.05, 0.1) is 22.3 Å². The van der Waals surface area contributed by atoms with Crippen molar-refractivity contribution in [3.05, 3.63) is 28.2 Å². The molecule has 1 aliphatic rings. The summed E-state index contributed by atoms with van der Waals surface area (Å²) in [6, 6.07) is 4.72. The van der Waals surface area contributed by atoms with Gasteiger partial charge in [-0.1, -0.05) is 23.2 Å². The van der Waals surface area contributed by atoms with Gasteiger partial charge in [-0.25, -0.2) is 15.2 Å². The Bertz CT molecular complexity index is 508. The fourth-order valence-electron chi connectivity index (χ4n) is 2.02. The number of carbonyl (C=O) groups excluding carboxylic acids is 1. The first-order valence-electron chi connectivity index (χ1n) is 5.82. The first-order chi connectivity index (χ1) is 8.86. The average molecular weight is 304 g/mol. The van der Waals surface area contributed by atoms with Gasteiger partial charge in [-0.15, -0.1) is 0 Å². The number of β-amino-alcohol motifs (C(OH)–C–C–N with tert-alkyl or cyclic N) is 1. The topological polar surface area (TPSA) is 55.8 Å². The summed E-state index contributed by atoms with van der Waals surface area (Å²) in [6.07, 6.45) is 0. The minimum Gasteiger partial charge on any atom is -0.395 e. The monoisotopic (exact) mass is 303 g/mol. The maximum atomic E-state index is 12.3. The quantitative estimate of drug-likeness (QED) is 0.902. The molecule has 1 saturated heterocycles. The Morgan fingerprint density at radius 3 is 2.58 bits per heavy atom. The first-order valence-corrected chi connectivity index (χ1v) is 6.58. The van der Waals surface area contributed by atoms with Crippen LogP contribution in [0, 0.1) is 0 Å². The Kier molecular flexibility index (Phi) is 3.92. The molecule has 0 bridgehead atoms. The summed E-state index contributed by atoms with van der Waals surface area (Å²) in [4.78, 5) is 13.9. The molecule has 2 N–H and O–H groups in total. The summed E-state index contributed by atoms with van der Waals surface area (Å²) >= 11 is 11.8. The van der Waals surface area contributed by atoms with Crippen molar-refractivity contribution in [1.29, 1.82) is 0 Å². The van der Waals surface area contributed by atoms with Crippen LogP contribution in [0.15, 0.2) is 18.2 Å². The molecule has 0 aliphatic carbocycles. The Labute approximate surface area is 121 Å². The second-order valence-electron chi connectivity index (χ2n) is 4.76. The van der Waals surface area contributed by atoms with Gasteiger partial charge >= 0.3 is 6.03 Å². The van der Waals surface area contributed by atoms with Crippen LogP contribution in [-0.2, 0) is 0 Å². The van der Waals surface area contributed by atoms with Crippen molar-refractivity contribution in [3.8, 4) is 0 Å². The summed E-state index contributed by atoms with van der Waals surface area (Å²) in [6.45, 7) is 3.89. The third kappa shape index (κ3) is 2.65. The number of carbonyl (C=O) groups is 1. The van der Waals surface area contributed by atoms with Crippen molar-refractivity contribution < 1.29 is 9.90 Å². The number of halogens is 2. The van der Waals surface area contributed by atoms with Crippen LogP contribution in [0.1, 0.15) is 13.8 Å². The molecule has 5 nitrogen and oxygen atoms in total. The molecule has 104 valence electrons. The van der Waals surface area contributed by atoms with E-state index in [4.69, 9.17) is 28.3 Å². The molecule has 0 aromatic heterocycles. The molecular weight excluding hydrogens is 289 g/mol. The summed E-state index contributed by atoms with van der Waals surface area (Å²) in [5.74, 6) is 0. The summed E-state index contributed by atoms with van der Waals surface area (Å²) in [5.41, 5.74) is 3.10. The Balaban J connectivity index is 2.31. The highest BCUT2D eigenvalue weighted by Gasteiger charge is 2.43. The van der Waals surface area contributed by atoms with Gasteiger partial charge in [0, 0.05) is 6.54 Å². The number of nitrogens with one attached hydrogen (secondary N) is 1. The SMILES string of the molecule is CC1(C)NN(c2ccc(Cl)c(Cl)c2)C(=O)N1CCO. The second-order valence-corrected chi connectivity index (χ2v) is 5.58. The van der Waals surface area contributed by atoms with E-state index in [1.165, 1.54) is 5.01 Å². The molecule has 1 heterocycles. The Hall–Kier alpha value is -1.01. The summed E-state index contributed by atoms with van der Waals surface area (Å²) in [7, 11) is 0. The van der Waals surface area contributed by atoms with E-state index in [0.29, 0.717) is 15.7 Å². The molecule has 1 aromatic rings. The van der Waals surface area contributed by atoms with Gasteiger partial charge in [0.25, 0.3) is 0 Å². The third-order valence-electron chi connectivity index (χ3n) is 2.97. The molecule has 0 radical (unpaired) electrons. The zero-order valence-electron chi connectivity index (χ0n) is 10.7. The predicted molar refractivity (Wildman–Crippen MR) is 75.3 cm³/mol. The van der Waals surface area contributed by atoms with E-state index in [1.54, 1.807) is 23.1 Å². The van der Waals surface area contributed by atoms with Gasteiger partial charge in [-0.05, 0) is 32.0 Å². The first kappa shape index (κ1) is 14.4. The molecule has 19 heavy (non-hydrogen) atoms. The van der Waals surface area contributed by atoms with E-state index in [9.17, 15) is 4.79 Å². The van der Waals surface area contributed by atoms with E-state index in [-0.39, 0.29) is 19.2 Å². The maximum Gasteiger partial charge on any atom is 0.340 e. The predicted octanol–water partition coefficient (Wildman–Crippen LogP) is 2.47. The average Bonchev–Trinajstić information content (AvgIpc) is 2.57. The summed E-state index contributed by atoms with van der Waals surface area (Å²) in [5, 5.41) is 11.3. The molecule has 1 aliphatic heterocycles. The van der Waals surface area contributed by atoms with Crippen LogP contribution in [0.4, 0.5) is 10.5 Å². The van der Waals surface area contributed by atoms with Crippen LogP contribution in [0.5, 0.6) is 0 Å². The third-order valence-corrected chi connectivity index (χ3v) is 3.71. The highest BCUT2D eigenvalue weighted by molar-refractivity contribution is 6.42. The molecule has 1 aromatic carbocycles. The minimum atomic E-state index is -0.577. The smallest absolute Gasteiger partial charge is 0.340 e. The molecule has 7 heteroatoms. The van der Waals surface area contributed by atoms with Crippen molar-refractivity contribution >= 4 is 34.9 Å².